The summed E-state index contributed by atoms with van der Waals surface area (Å²) in [5.74, 6) is 0.597. The SMILES string of the molecule is CCn1c(=O)c(C)cn(CCCCCCOC(=O)C(C)(CC(C)C)C(C)C)c1=O. The van der Waals surface area contributed by atoms with Gasteiger partial charge in [0.2, 0.25) is 0 Å². The summed E-state index contributed by atoms with van der Waals surface area (Å²) in [6.07, 6.45) is 6.05. The monoisotopic (exact) mass is 408 g/mol. The van der Waals surface area contributed by atoms with Crippen LogP contribution in [-0.2, 0) is 22.6 Å². The van der Waals surface area contributed by atoms with E-state index >= 15 is 0 Å². The van der Waals surface area contributed by atoms with E-state index in [2.05, 4.69) is 27.7 Å². The Morgan fingerprint density at radius 2 is 1.72 bits per heavy atom. The van der Waals surface area contributed by atoms with Crippen molar-refractivity contribution in [3.8, 4) is 0 Å². The zero-order valence-electron chi connectivity index (χ0n) is 19.4. The van der Waals surface area contributed by atoms with E-state index in [1.807, 2.05) is 6.92 Å². The molecule has 1 aromatic heterocycles. The molecule has 1 rings (SSSR count). The zero-order valence-corrected chi connectivity index (χ0v) is 19.4. The van der Waals surface area contributed by atoms with E-state index in [-0.39, 0.29) is 23.1 Å². The lowest BCUT2D eigenvalue weighted by Crippen LogP contribution is -2.40. The Bertz CT molecular complexity index is 776. The van der Waals surface area contributed by atoms with Crippen LogP contribution in [0, 0.1) is 24.2 Å². The number of hydrogen-bond acceptors (Lipinski definition) is 4. The van der Waals surface area contributed by atoms with Gasteiger partial charge in [0, 0.05) is 24.8 Å². The minimum absolute atomic E-state index is 0.0925. The molecule has 1 atom stereocenters. The van der Waals surface area contributed by atoms with Gasteiger partial charge in [0.25, 0.3) is 5.56 Å². The number of hydrogen-bond donors (Lipinski definition) is 0. The van der Waals surface area contributed by atoms with Crippen molar-refractivity contribution in [1.29, 1.82) is 0 Å². The second-order valence-corrected chi connectivity index (χ2v) is 9.06. The van der Waals surface area contributed by atoms with Gasteiger partial charge in [-0.25, -0.2) is 4.79 Å². The van der Waals surface area contributed by atoms with Crippen LogP contribution in [0.25, 0.3) is 0 Å². The van der Waals surface area contributed by atoms with Gasteiger partial charge in [0.15, 0.2) is 0 Å². The molecule has 0 N–H and O–H groups in total. The van der Waals surface area contributed by atoms with Crippen molar-refractivity contribution in [2.75, 3.05) is 6.61 Å². The van der Waals surface area contributed by atoms with Crippen LogP contribution < -0.4 is 11.2 Å². The molecule has 0 spiro atoms. The molecule has 0 aliphatic rings. The molecule has 6 heteroatoms. The summed E-state index contributed by atoms with van der Waals surface area (Å²) in [7, 11) is 0. The molecule has 0 bridgehead atoms. The Morgan fingerprint density at radius 3 is 2.28 bits per heavy atom. The Morgan fingerprint density at radius 1 is 1.10 bits per heavy atom. The first-order valence-corrected chi connectivity index (χ1v) is 11.0. The van der Waals surface area contributed by atoms with Gasteiger partial charge in [-0.3, -0.25) is 14.2 Å². The number of aryl methyl sites for hydroxylation is 2. The molecule has 1 heterocycles. The number of carbonyl (C=O) groups is 1. The van der Waals surface area contributed by atoms with Crippen LogP contribution >= 0.6 is 0 Å². The van der Waals surface area contributed by atoms with Crippen LogP contribution in [0.1, 0.15) is 79.2 Å². The summed E-state index contributed by atoms with van der Waals surface area (Å²) in [6.45, 7) is 15.4. The summed E-state index contributed by atoms with van der Waals surface area (Å²) >= 11 is 0. The highest BCUT2D eigenvalue weighted by molar-refractivity contribution is 5.76. The molecule has 0 fully saturated rings. The molecule has 0 aliphatic carbocycles. The normalized spacial score (nSPS) is 13.7. The maximum absolute atomic E-state index is 12.6. The lowest BCUT2D eigenvalue weighted by Gasteiger charge is -2.32. The smallest absolute Gasteiger partial charge is 0.330 e. The Labute approximate surface area is 175 Å². The van der Waals surface area contributed by atoms with E-state index < -0.39 is 5.41 Å². The van der Waals surface area contributed by atoms with Gasteiger partial charge in [-0.1, -0.05) is 34.1 Å². The highest BCUT2D eigenvalue weighted by atomic mass is 16.5. The van der Waals surface area contributed by atoms with E-state index in [0.717, 1.165) is 32.1 Å². The van der Waals surface area contributed by atoms with Crippen LogP contribution in [0.3, 0.4) is 0 Å². The highest BCUT2D eigenvalue weighted by Crippen LogP contribution is 2.35. The quantitative estimate of drug-likeness (QED) is 0.385. The molecule has 0 saturated heterocycles. The first kappa shape index (κ1) is 25.2. The first-order valence-electron chi connectivity index (χ1n) is 11.0. The Balaban J connectivity index is 2.42. The highest BCUT2D eigenvalue weighted by Gasteiger charge is 2.38. The molecule has 29 heavy (non-hydrogen) atoms. The van der Waals surface area contributed by atoms with E-state index in [1.165, 1.54) is 4.57 Å². The van der Waals surface area contributed by atoms with Gasteiger partial charge in [-0.15, -0.1) is 0 Å². The van der Waals surface area contributed by atoms with Gasteiger partial charge < -0.3 is 9.30 Å². The molecular formula is C23H40N2O4. The van der Waals surface area contributed by atoms with Gasteiger partial charge in [0.05, 0.1) is 12.0 Å². The Hall–Kier alpha value is -1.85. The minimum atomic E-state index is -0.435. The van der Waals surface area contributed by atoms with Gasteiger partial charge in [0.1, 0.15) is 0 Å². The summed E-state index contributed by atoms with van der Waals surface area (Å²) < 4.78 is 8.48. The average molecular weight is 409 g/mol. The predicted octanol–water partition coefficient (Wildman–Crippen LogP) is 4.15. The third-order valence-electron chi connectivity index (χ3n) is 5.82. The summed E-state index contributed by atoms with van der Waals surface area (Å²) in [4.78, 5) is 36.8. The average Bonchev–Trinajstić information content (AvgIpc) is 2.64. The molecule has 0 saturated carbocycles. The molecule has 0 amide bonds. The summed E-state index contributed by atoms with van der Waals surface area (Å²) in [5, 5.41) is 0. The number of ether oxygens (including phenoxy) is 1. The van der Waals surface area contributed by atoms with Crippen LogP contribution in [-0.4, -0.2) is 21.7 Å². The molecule has 0 aliphatic heterocycles. The first-order chi connectivity index (χ1) is 13.5. The fraction of sp³-hybridized carbons (Fsp3) is 0.783. The second kappa shape index (κ2) is 11.4. The maximum atomic E-state index is 12.6. The molecule has 1 unspecified atom stereocenters. The number of nitrogens with zero attached hydrogens (tertiary/aromatic N) is 2. The van der Waals surface area contributed by atoms with Crippen molar-refractivity contribution in [2.24, 2.45) is 17.3 Å². The third-order valence-corrected chi connectivity index (χ3v) is 5.82. The van der Waals surface area contributed by atoms with E-state index in [4.69, 9.17) is 4.74 Å². The lowest BCUT2D eigenvalue weighted by atomic mass is 9.73. The fourth-order valence-corrected chi connectivity index (χ4v) is 3.71. The summed E-state index contributed by atoms with van der Waals surface area (Å²) in [5.41, 5.74) is -0.292. The third kappa shape index (κ3) is 6.86. The maximum Gasteiger partial charge on any atom is 0.330 e. The zero-order chi connectivity index (χ0) is 22.2. The van der Waals surface area contributed by atoms with Crippen molar-refractivity contribution in [3.05, 3.63) is 32.6 Å². The van der Waals surface area contributed by atoms with Crippen molar-refractivity contribution in [3.63, 3.8) is 0 Å². The van der Waals surface area contributed by atoms with Crippen LogP contribution in [0.15, 0.2) is 15.8 Å². The van der Waals surface area contributed by atoms with Crippen LogP contribution in [0.4, 0.5) is 0 Å². The topological polar surface area (TPSA) is 70.3 Å². The molecule has 0 radical (unpaired) electrons. The van der Waals surface area contributed by atoms with Crippen LogP contribution in [0.5, 0.6) is 0 Å². The van der Waals surface area contributed by atoms with E-state index in [0.29, 0.717) is 31.2 Å². The second-order valence-electron chi connectivity index (χ2n) is 9.06. The molecule has 166 valence electrons. The molecular weight excluding hydrogens is 368 g/mol. The summed E-state index contributed by atoms with van der Waals surface area (Å²) in [6, 6.07) is 0. The standard InChI is InChI=1S/C23H40N2O4/c1-8-25-20(26)19(6)16-24(22(25)28)13-11-9-10-12-14-29-21(27)23(7,18(4)5)15-17(2)3/h16-18H,8-15H2,1-7H3. The molecule has 0 aromatic carbocycles. The number of carbonyl (C=O) groups excluding carboxylic acids is 1. The fourth-order valence-electron chi connectivity index (χ4n) is 3.71. The van der Waals surface area contributed by atoms with Crippen LogP contribution in [0.2, 0.25) is 0 Å². The van der Waals surface area contributed by atoms with Gasteiger partial charge >= 0.3 is 11.7 Å². The van der Waals surface area contributed by atoms with Gasteiger partial charge in [-0.2, -0.15) is 0 Å². The van der Waals surface area contributed by atoms with Gasteiger partial charge in [-0.05, 0) is 58.3 Å². The number of unbranched alkanes of at least 4 members (excludes halogenated alkanes) is 3. The molecule has 1 aromatic rings. The Kier molecular flexibility index (Phi) is 9.87. The number of rotatable bonds is 12. The van der Waals surface area contributed by atoms with E-state index in [9.17, 15) is 14.4 Å². The number of esters is 1. The van der Waals surface area contributed by atoms with Crippen molar-refractivity contribution in [2.45, 2.75) is 93.7 Å². The minimum Gasteiger partial charge on any atom is -0.465 e. The molecule has 6 nitrogen and oxygen atoms in total. The van der Waals surface area contributed by atoms with Crippen molar-refractivity contribution in [1.82, 2.24) is 9.13 Å². The van der Waals surface area contributed by atoms with Crippen molar-refractivity contribution < 1.29 is 9.53 Å². The van der Waals surface area contributed by atoms with E-state index in [1.54, 1.807) is 24.6 Å². The largest absolute Gasteiger partial charge is 0.465 e. The number of aromatic nitrogens is 2. The lowest BCUT2D eigenvalue weighted by molar-refractivity contribution is -0.159. The predicted molar refractivity (Wildman–Crippen MR) is 117 cm³/mol. The van der Waals surface area contributed by atoms with Crippen molar-refractivity contribution >= 4 is 5.97 Å².